The fourth-order valence-corrected chi connectivity index (χ4v) is 2.37. The Kier molecular flexibility index (Phi) is 3.59. The van der Waals surface area contributed by atoms with Gasteiger partial charge in [0.1, 0.15) is 0 Å². The van der Waals surface area contributed by atoms with Gasteiger partial charge in [0.2, 0.25) is 0 Å². The predicted octanol–water partition coefficient (Wildman–Crippen LogP) is 2.10. The van der Waals surface area contributed by atoms with E-state index in [-0.39, 0.29) is 12.0 Å². The Bertz CT molecular complexity index is 720. The van der Waals surface area contributed by atoms with Crippen LogP contribution in [0.2, 0.25) is 0 Å². The molecule has 3 N–H and O–H groups in total. The van der Waals surface area contributed by atoms with Crippen LogP contribution in [0.5, 0.6) is 0 Å². The van der Waals surface area contributed by atoms with Crippen LogP contribution in [0.4, 0.5) is 18.9 Å². The number of benzene rings is 1. The van der Waals surface area contributed by atoms with Gasteiger partial charge in [-0.3, -0.25) is 4.79 Å². The van der Waals surface area contributed by atoms with Gasteiger partial charge in [-0.1, -0.05) is 12.1 Å². The molecule has 1 saturated carbocycles. The first-order chi connectivity index (χ1) is 10.9. The smallest absolute Gasteiger partial charge is 0.395 e. The zero-order chi connectivity index (χ0) is 16.7. The Labute approximate surface area is 128 Å². The predicted molar refractivity (Wildman–Crippen MR) is 73.8 cm³/mol. The van der Waals surface area contributed by atoms with Gasteiger partial charge >= 0.3 is 6.18 Å². The van der Waals surface area contributed by atoms with Gasteiger partial charge in [-0.25, -0.2) is 0 Å². The number of nitrogens with one attached hydrogen (secondary N) is 2. The van der Waals surface area contributed by atoms with E-state index in [1.807, 2.05) is 5.21 Å². The molecule has 0 bridgehead atoms. The number of amides is 1. The number of nitrogens with zero attached hydrogens (tertiary/aromatic N) is 2. The van der Waals surface area contributed by atoms with Crippen molar-refractivity contribution in [3.05, 3.63) is 41.2 Å². The Morgan fingerprint density at radius 1 is 1.26 bits per heavy atom. The average Bonchev–Trinajstić information content (AvgIpc) is 3.13. The van der Waals surface area contributed by atoms with Crippen LogP contribution in [0, 0.1) is 0 Å². The van der Waals surface area contributed by atoms with Crippen molar-refractivity contribution in [1.82, 2.24) is 15.4 Å². The summed E-state index contributed by atoms with van der Waals surface area (Å²) in [7, 11) is 0. The molecule has 0 radical (unpaired) electrons. The summed E-state index contributed by atoms with van der Waals surface area (Å²) < 4.78 is 38.1. The van der Waals surface area contributed by atoms with Crippen LogP contribution in [0.1, 0.15) is 34.6 Å². The van der Waals surface area contributed by atoms with Gasteiger partial charge in [-0.05, 0) is 30.5 Å². The molecule has 1 fully saturated rings. The van der Waals surface area contributed by atoms with Crippen LogP contribution in [0.15, 0.2) is 24.3 Å². The van der Waals surface area contributed by atoms with Crippen molar-refractivity contribution in [3.63, 3.8) is 0 Å². The molecule has 0 saturated heterocycles. The molecular formula is C14H13F3N4O2. The average molecular weight is 326 g/mol. The Morgan fingerprint density at radius 3 is 2.43 bits per heavy atom. The van der Waals surface area contributed by atoms with E-state index in [9.17, 15) is 23.1 Å². The quantitative estimate of drug-likeness (QED) is 0.802. The second-order valence-corrected chi connectivity index (χ2v) is 5.49. The number of carbonyl (C=O) groups excluding carboxylic acids is 1. The van der Waals surface area contributed by atoms with E-state index >= 15 is 0 Å². The molecule has 1 aromatic heterocycles. The van der Waals surface area contributed by atoms with E-state index in [1.54, 1.807) is 24.3 Å². The van der Waals surface area contributed by atoms with Crippen molar-refractivity contribution >= 4 is 11.6 Å². The van der Waals surface area contributed by atoms with Crippen molar-refractivity contribution in [1.29, 1.82) is 0 Å². The van der Waals surface area contributed by atoms with Crippen LogP contribution >= 0.6 is 0 Å². The van der Waals surface area contributed by atoms with Gasteiger partial charge in [0.05, 0.1) is 6.61 Å². The molecule has 0 unspecified atom stereocenters. The highest BCUT2D eigenvalue weighted by atomic mass is 19.4. The van der Waals surface area contributed by atoms with Gasteiger partial charge in [0.25, 0.3) is 5.91 Å². The van der Waals surface area contributed by atoms with Crippen LogP contribution in [0.25, 0.3) is 0 Å². The summed E-state index contributed by atoms with van der Waals surface area (Å²) in [6.45, 7) is 0.0482. The number of H-pyrrole nitrogens is 1. The Hall–Kier alpha value is -2.42. The van der Waals surface area contributed by atoms with Crippen molar-refractivity contribution in [2.24, 2.45) is 0 Å². The van der Waals surface area contributed by atoms with E-state index in [0.29, 0.717) is 5.69 Å². The molecule has 1 aliphatic rings. The lowest BCUT2D eigenvalue weighted by Gasteiger charge is -2.13. The summed E-state index contributed by atoms with van der Waals surface area (Å²) in [5.74, 6) is -0.998. The Balaban J connectivity index is 1.75. The van der Waals surface area contributed by atoms with Crippen LogP contribution in [-0.2, 0) is 11.6 Å². The third-order valence-corrected chi connectivity index (χ3v) is 3.94. The first-order valence-electron chi connectivity index (χ1n) is 6.86. The summed E-state index contributed by atoms with van der Waals surface area (Å²) in [6.07, 6.45) is -2.98. The number of anilines is 1. The van der Waals surface area contributed by atoms with E-state index in [4.69, 9.17) is 0 Å². The molecule has 9 heteroatoms. The van der Waals surface area contributed by atoms with Crippen molar-refractivity contribution < 1.29 is 23.1 Å². The molecule has 1 aliphatic carbocycles. The number of aliphatic hydroxyl groups excluding tert-OH is 1. The van der Waals surface area contributed by atoms with Gasteiger partial charge < -0.3 is 10.4 Å². The lowest BCUT2D eigenvalue weighted by Crippen LogP contribution is -2.19. The maximum Gasteiger partial charge on any atom is 0.437 e. The third kappa shape index (κ3) is 2.91. The maximum absolute atomic E-state index is 12.7. The van der Waals surface area contributed by atoms with E-state index in [2.05, 4.69) is 15.5 Å². The molecular weight excluding hydrogens is 313 g/mol. The molecule has 0 atom stereocenters. The van der Waals surface area contributed by atoms with Gasteiger partial charge in [0, 0.05) is 11.1 Å². The first kappa shape index (κ1) is 15.5. The number of aliphatic hydroxyl groups is 1. The summed E-state index contributed by atoms with van der Waals surface area (Å²) >= 11 is 0. The largest absolute Gasteiger partial charge is 0.437 e. The van der Waals surface area contributed by atoms with Crippen molar-refractivity contribution in [2.45, 2.75) is 24.4 Å². The van der Waals surface area contributed by atoms with E-state index in [0.717, 1.165) is 18.4 Å². The molecule has 6 nitrogen and oxygen atoms in total. The molecule has 2 aromatic rings. The van der Waals surface area contributed by atoms with Gasteiger partial charge in [-0.2, -0.15) is 28.6 Å². The number of rotatable bonds is 4. The minimum Gasteiger partial charge on any atom is -0.395 e. The minimum atomic E-state index is -4.76. The fraction of sp³-hybridized carbons (Fsp3) is 0.357. The highest BCUT2D eigenvalue weighted by molar-refractivity contribution is 6.03. The topological polar surface area (TPSA) is 90.9 Å². The standard InChI is InChI=1S/C14H13F3N4O2/c15-14(16,17)11-10(19-21-20-11)12(23)18-9-3-1-8(2-4-9)13(7-22)5-6-13/h1-4,22H,5-7H2,(H,18,23)(H,19,20,21). The summed E-state index contributed by atoms with van der Waals surface area (Å²) in [5, 5.41) is 19.7. The lowest BCUT2D eigenvalue weighted by atomic mass is 9.97. The Morgan fingerprint density at radius 2 is 1.91 bits per heavy atom. The number of hydrogen-bond acceptors (Lipinski definition) is 4. The number of carbonyl (C=O) groups is 1. The minimum absolute atomic E-state index is 0.0482. The number of aromatic nitrogens is 3. The van der Waals surface area contributed by atoms with Crippen molar-refractivity contribution in [2.75, 3.05) is 11.9 Å². The second-order valence-electron chi connectivity index (χ2n) is 5.49. The fourth-order valence-electron chi connectivity index (χ4n) is 2.37. The van der Waals surface area contributed by atoms with Crippen molar-refractivity contribution in [3.8, 4) is 0 Å². The molecule has 23 heavy (non-hydrogen) atoms. The van der Waals surface area contributed by atoms with Crippen LogP contribution in [0.3, 0.4) is 0 Å². The number of halogens is 3. The summed E-state index contributed by atoms with van der Waals surface area (Å²) in [5.41, 5.74) is -1.10. The van der Waals surface area contributed by atoms with Crippen LogP contribution < -0.4 is 5.32 Å². The molecule has 3 rings (SSSR count). The highest BCUT2D eigenvalue weighted by Gasteiger charge is 2.43. The third-order valence-electron chi connectivity index (χ3n) is 3.94. The molecule has 0 spiro atoms. The zero-order valence-corrected chi connectivity index (χ0v) is 11.8. The first-order valence-corrected chi connectivity index (χ1v) is 6.86. The van der Waals surface area contributed by atoms with Gasteiger partial charge in [-0.15, -0.1) is 0 Å². The SMILES string of the molecule is O=C(Nc1ccc(C2(CO)CC2)cc1)c1n[nH]nc1C(F)(F)F. The summed E-state index contributed by atoms with van der Waals surface area (Å²) in [4.78, 5) is 11.9. The summed E-state index contributed by atoms with van der Waals surface area (Å²) in [6, 6.07) is 6.64. The molecule has 122 valence electrons. The monoisotopic (exact) mass is 326 g/mol. The highest BCUT2D eigenvalue weighted by Crippen LogP contribution is 2.47. The molecule has 0 aliphatic heterocycles. The molecule has 1 aromatic carbocycles. The zero-order valence-electron chi connectivity index (χ0n) is 11.8. The number of alkyl halides is 3. The van der Waals surface area contributed by atoms with E-state index < -0.39 is 23.5 Å². The molecule has 1 heterocycles. The normalized spacial score (nSPS) is 16.2. The molecule has 1 amide bonds. The van der Waals surface area contributed by atoms with E-state index in [1.165, 1.54) is 0 Å². The second kappa shape index (κ2) is 5.34. The number of aromatic amines is 1. The van der Waals surface area contributed by atoms with Crippen LogP contribution in [-0.4, -0.2) is 33.0 Å². The van der Waals surface area contributed by atoms with Gasteiger partial charge in [0.15, 0.2) is 11.4 Å². The number of hydrogen-bond donors (Lipinski definition) is 3. The maximum atomic E-state index is 12.7. The lowest BCUT2D eigenvalue weighted by molar-refractivity contribution is -0.141.